The van der Waals surface area contributed by atoms with Gasteiger partial charge in [0.25, 0.3) is 0 Å². The van der Waals surface area contributed by atoms with Gasteiger partial charge in [-0.25, -0.2) is 0 Å². The molecule has 0 spiro atoms. The van der Waals surface area contributed by atoms with E-state index in [2.05, 4.69) is 0 Å². The van der Waals surface area contributed by atoms with E-state index in [-0.39, 0.29) is 28.0 Å². The molecule has 2 aromatic carbocycles. The second kappa shape index (κ2) is 8.17. The number of benzene rings is 2. The quantitative estimate of drug-likeness (QED) is 0.331. The fraction of sp³-hybridized carbons (Fsp3) is 0.286. The lowest BCUT2D eigenvalue weighted by Gasteiger charge is -2.39. The zero-order valence-corrected chi connectivity index (χ0v) is 16.0. The number of fused-ring (bicyclic) bond motifs is 1. The van der Waals surface area contributed by atoms with Crippen LogP contribution in [0.25, 0.3) is 22.1 Å². The van der Waals surface area contributed by atoms with Gasteiger partial charge in [-0.1, -0.05) is 12.1 Å². The SMILES string of the molecule is O=c1c(-c2ccc(O[C@H]3O[C@H](CO)[C@@H](O)[C@H](O)[C@H]3O)cc2)coc2cc(O)cc(O)c12. The Labute approximate surface area is 174 Å². The summed E-state index contributed by atoms with van der Waals surface area (Å²) in [5.74, 6) is -0.421. The lowest BCUT2D eigenvalue weighted by Crippen LogP contribution is -2.60. The van der Waals surface area contributed by atoms with Gasteiger partial charge in [-0.3, -0.25) is 4.79 Å². The minimum absolute atomic E-state index is 0.0359. The van der Waals surface area contributed by atoms with Crippen LogP contribution < -0.4 is 10.2 Å². The van der Waals surface area contributed by atoms with Crippen molar-refractivity contribution in [3.05, 3.63) is 52.9 Å². The highest BCUT2D eigenvalue weighted by Crippen LogP contribution is 2.30. The Balaban J connectivity index is 1.59. The van der Waals surface area contributed by atoms with Gasteiger partial charge in [0.15, 0.2) is 0 Å². The molecule has 31 heavy (non-hydrogen) atoms. The third-order valence-corrected chi connectivity index (χ3v) is 5.11. The van der Waals surface area contributed by atoms with Crippen LogP contribution in [0.3, 0.4) is 0 Å². The second-order valence-corrected chi connectivity index (χ2v) is 7.16. The molecular weight excluding hydrogens is 412 g/mol. The third kappa shape index (κ3) is 3.82. The number of phenols is 2. The maximum atomic E-state index is 12.8. The Morgan fingerprint density at radius 1 is 0.968 bits per heavy atom. The fourth-order valence-electron chi connectivity index (χ4n) is 3.43. The Morgan fingerprint density at radius 3 is 2.35 bits per heavy atom. The molecule has 0 amide bonds. The van der Waals surface area contributed by atoms with E-state index < -0.39 is 48.5 Å². The van der Waals surface area contributed by atoms with E-state index >= 15 is 0 Å². The molecule has 3 aromatic rings. The summed E-state index contributed by atoms with van der Waals surface area (Å²) in [7, 11) is 0. The van der Waals surface area contributed by atoms with Crippen LogP contribution in [0, 0.1) is 0 Å². The molecule has 2 heterocycles. The molecule has 1 aliphatic rings. The smallest absolute Gasteiger partial charge is 0.229 e. The van der Waals surface area contributed by atoms with Crippen LogP contribution in [-0.4, -0.2) is 68.0 Å². The maximum absolute atomic E-state index is 12.8. The van der Waals surface area contributed by atoms with Gasteiger partial charge in [-0.15, -0.1) is 0 Å². The molecule has 0 aliphatic carbocycles. The van der Waals surface area contributed by atoms with Gasteiger partial charge in [-0.05, 0) is 17.7 Å². The van der Waals surface area contributed by atoms with Crippen LogP contribution >= 0.6 is 0 Å². The average molecular weight is 432 g/mol. The summed E-state index contributed by atoms with van der Waals surface area (Å²) in [6, 6.07) is 8.30. The van der Waals surface area contributed by atoms with Crippen molar-refractivity contribution in [2.24, 2.45) is 0 Å². The first-order chi connectivity index (χ1) is 14.8. The summed E-state index contributed by atoms with van der Waals surface area (Å²) in [5.41, 5.74) is 0.146. The van der Waals surface area contributed by atoms with E-state index in [1.807, 2.05) is 0 Å². The second-order valence-electron chi connectivity index (χ2n) is 7.16. The molecule has 0 bridgehead atoms. The normalized spacial score (nSPS) is 26.1. The summed E-state index contributed by atoms with van der Waals surface area (Å²) in [5, 5.41) is 58.4. The number of aromatic hydroxyl groups is 2. The zero-order valence-electron chi connectivity index (χ0n) is 16.0. The summed E-state index contributed by atoms with van der Waals surface area (Å²) in [4.78, 5) is 12.8. The molecule has 0 radical (unpaired) electrons. The molecule has 6 N–H and O–H groups in total. The number of aliphatic hydroxyl groups is 4. The van der Waals surface area contributed by atoms with Crippen molar-refractivity contribution in [2.75, 3.05) is 6.61 Å². The van der Waals surface area contributed by atoms with Gasteiger partial charge in [0.2, 0.25) is 11.7 Å². The molecule has 1 fully saturated rings. The Bertz CT molecular complexity index is 1140. The molecular formula is C21H20O10. The lowest BCUT2D eigenvalue weighted by atomic mass is 9.99. The molecule has 4 rings (SSSR count). The van der Waals surface area contributed by atoms with Crippen molar-refractivity contribution >= 4 is 11.0 Å². The molecule has 10 nitrogen and oxygen atoms in total. The van der Waals surface area contributed by atoms with Crippen molar-refractivity contribution in [3.63, 3.8) is 0 Å². The molecule has 1 saturated heterocycles. The Kier molecular flexibility index (Phi) is 5.56. The van der Waals surface area contributed by atoms with Crippen LogP contribution in [0.4, 0.5) is 0 Å². The molecule has 5 atom stereocenters. The van der Waals surface area contributed by atoms with Crippen LogP contribution in [0.15, 0.2) is 51.9 Å². The van der Waals surface area contributed by atoms with Crippen LogP contribution in [0.2, 0.25) is 0 Å². The first-order valence-corrected chi connectivity index (χ1v) is 9.35. The van der Waals surface area contributed by atoms with Crippen molar-refractivity contribution in [2.45, 2.75) is 30.7 Å². The van der Waals surface area contributed by atoms with E-state index in [9.17, 15) is 35.4 Å². The molecule has 10 heteroatoms. The predicted octanol–water partition coefficient (Wildman–Crippen LogP) is 0.0499. The minimum atomic E-state index is -1.57. The Hall–Kier alpha value is -3.15. The summed E-state index contributed by atoms with van der Waals surface area (Å²) in [6.07, 6.45) is -5.84. The third-order valence-electron chi connectivity index (χ3n) is 5.11. The molecule has 1 aromatic heterocycles. The van der Waals surface area contributed by atoms with Gasteiger partial charge < -0.3 is 44.5 Å². The fourth-order valence-corrected chi connectivity index (χ4v) is 3.43. The highest BCUT2D eigenvalue weighted by atomic mass is 16.7. The van der Waals surface area contributed by atoms with E-state index in [0.717, 1.165) is 6.07 Å². The number of hydrogen-bond donors (Lipinski definition) is 6. The largest absolute Gasteiger partial charge is 0.508 e. The van der Waals surface area contributed by atoms with E-state index in [1.165, 1.54) is 36.6 Å². The van der Waals surface area contributed by atoms with Gasteiger partial charge in [-0.2, -0.15) is 0 Å². The highest BCUT2D eigenvalue weighted by Gasteiger charge is 2.44. The van der Waals surface area contributed by atoms with Crippen LogP contribution in [-0.2, 0) is 4.74 Å². The summed E-state index contributed by atoms with van der Waals surface area (Å²) >= 11 is 0. The number of aliphatic hydroxyl groups excluding tert-OH is 4. The monoisotopic (exact) mass is 432 g/mol. The summed E-state index contributed by atoms with van der Waals surface area (Å²) < 4.78 is 16.2. The van der Waals surface area contributed by atoms with Crippen molar-refractivity contribution in [1.29, 1.82) is 0 Å². The standard InChI is InChI=1S/C21H20O10/c22-7-15-18(26)19(27)20(28)21(31-15)30-11-3-1-9(2-4-11)12-8-29-14-6-10(23)5-13(24)16(14)17(12)25/h1-6,8,15,18-24,26-28H,7H2/t15-,18-,19+,20-,21+/m1/s1. The highest BCUT2D eigenvalue weighted by molar-refractivity contribution is 5.88. The first-order valence-electron chi connectivity index (χ1n) is 9.35. The van der Waals surface area contributed by atoms with Crippen molar-refractivity contribution < 1.29 is 44.5 Å². The lowest BCUT2D eigenvalue weighted by molar-refractivity contribution is -0.277. The zero-order chi connectivity index (χ0) is 22.3. The van der Waals surface area contributed by atoms with E-state index in [1.54, 1.807) is 0 Å². The van der Waals surface area contributed by atoms with E-state index in [0.29, 0.717) is 5.56 Å². The molecule has 164 valence electrons. The van der Waals surface area contributed by atoms with Crippen LogP contribution in [0.5, 0.6) is 17.2 Å². The number of ether oxygens (including phenoxy) is 2. The van der Waals surface area contributed by atoms with Gasteiger partial charge >= 0.3 is 0 Å². The summed E-state index contributed by atoms with van der Waals surface area (Å²) in [6.45, 7) is -0.577. The molecule has 0 saturated carbocycles. The van der Waals surface area contributed by atoms with Gasteiger partial charge in [0.1, 0.15) is 58.9 Å². The first kappa shape index (κ1) is 21.1. The predicted molar refractivity (Wildman–Crippen MR) is 106 cm³/mol. The Morgan fingerprint density at radius 2 is 1.68 bits per heavy atom. The topological polar surface area (TPSA) is 170 Å². The van der Waals surface area contributed by atoms with Crippen molar-refractivity contribution in [1.82, 2.24) is 0 Å². The minimum Gasteiger partial charge on any atom is -0.508 e. The number of rotatable bonds is 4. The van der Waals surface area contributed by atoms with Gasteiger partial charge in [0.05, 0.1) is 12.2 Å². The van der Waals surface area contributed by atoms with Gasteiger partial charge in [0, 0.05) is 12.1 Å². The maximum Gasteiger partial charge on any atom is 0.229 e. The molecule has 0 unspecified atom stereocenters. The molecule has 1 aliphatic heterocycles. The number of hydrogen-bond acceptors (Lipinski definition) is 10. The number of phenolic OH excluding ortho intramolecular Hbond substituents is 2. The average Bonchev–Trinajstić information content (AvgIpc) is 2.74. The van der Waals surface area contributed by atoms with Crippen LogP contribution in [0.1, 0.15) is 0 Å². The van der Waals surface area contributed by atoms with E-state index in [4.69, 9.17) is 13.9 Å². The van der Waals surface area contributed by atoms with Crippen molar-refractivity contribution in [3.8, 4) is 28.4 Å².